The zero-order valence-electron chi connectivity index (χ0n) is 9.94. The van der Waals surface area contributed by atoms with Gasteiger partial charge in [-0.3, -0.25) is 9.59 Å². The summed E-state index contributed by atoms with van der Waals surface area (Å²) in [5, 5.41) is 4.81. The van der Waals surface area contributed by atoms with Crippen LogP contribution < -0.4 is 15.4 Å². The van der Waals surface area contributed by atoms with Crippen molar-refractivity contribution in [2.24, 2.45) is 0 Å². The molecule has 0 aliphatic carbocycles. The first-order valence-corrected chi connectivity index (χ1v) is 5.21. The SMILES string of the molecule is COC(=C1NC(=O)C(=O)N1)c1ccccc1OC. The zero-order valence-corrected chi connectivity index (χ0v) is 9.94. The summed E-state index contributed by atoms with van der Waals surface area (Å²) in [6, 6.07) is 7.14. The molecule has 1 aliphatic heterocycles. The topological polar surface area (TPSA) is 76.7 Å². The van der Waals surface area contributed by atoms with E-state index in [9.17, 15) is 9.59 Å². The van der Waals surface area contributed by atoms with Crippen LogP contribution in [0, 0.1) is 0 Å². The number of para-hydroxylation sites is 1. The molecule has 0 bridgehead atoms. The van der Waals surface area contributed by atoms with Gasteiger partial charge in [0.05, 0.1) is 19.8 Å². The van der Waals surface area contributed by atoms with Crippen LogP contribution >= 0.6 is 0 Å². The number of nitrogens with one attached hydrogen (secondary N) is 2. The van der Waals surface area contributed by atoms with E-state index in [0.717, 1.165) is 0 Å². The third kappa shape index (κ3) is 2.00. The van der Waals surface area contributed by atoms with Crippen LogP contribution in [0.2, 0.25) is 0 Å². The minimum atomic E-state index is -0.713. The lowest BCUT2D eigenvalue weighted by molar-refractivity contribution is -0.135. The van der Waals surface area contributed by atoms with Crippen molar-refractivity contribution in [2.45, 2.75) is 0 Å². The van der Waals surface area contributed by atoms with Gasteiger partial charge in [0.15, 0.2) is 11.6 Å². The molecule has 94 valence electrons. The Morgan fingerprint density at radius 3 is 2.22 bits per heavy atom. The summed E-state index contributed by atoms with van der Waals surface area (Å²) >= 11 is 0. The standard InChI is InChI=1S/C12H12N2O4/c1-17-8-6-4-3-5-7(8)9(18-2)10-13-11(15)12(16)14-10/h3-6H,1-2H3,(H,13,15)(H,14,16). The predicted molar refractivity (Wildman–Crippen MR) is 63.2 cm³/mol. The highest BCUT2D eigenvalue weighted by molar-refractivity contribution is 6.38. The third-order valence-electron chi connectivity index (χ3n) is 2.47. The van der Waals surface area contributed by atoms with E-state index in [2.05, 4.69) is 10.6 Å². The van der Waals surface area contributed by atoms with Crippen molar-refractivity contribution in [3.8, 4) is 5.75 Å². The number of rotatable bonds is 3. The number of methoxy groups -OCH3 is 2. The number of benzene rings is 1. The lowest BCUT2D eigenvalue weighted by Crippen LogP contribution is -2.19. The molecule has 1 aromatic rings. The van der Waals surface area contributed by atoms with Gasteiger partial charge in [0.1, 0.15) is 5.75 Å². The van der Waals surface area contributed by atoms with Crippen LogP contribution in [-0.2, 0) is 14.3 Å². The number of hydrogen-bond donors (Lipinski definition) is 2. The van der Waals surface area contributed by atoms with Crippen LogP contribution in [0.5, 0.6) is 5.75 Å². The molecule has 0 spiro atoms. The fraction of sp³-hybridized carbons (Fsp3) is 0.167. The Bertz CT molecular complexity index is 519. The van der Waals surface area contributed by atoms with Crippen molar-refractivity contribution in [1.82, 2.24) is 10.6 Å². The van der Waals surface area contributed by atoms with Crippen molar-refractivity contribution in [2.75, 3.05) is 14.2 Å². The molecule has 1 heterocycles. The highest BCUT2D eigenvalue weighted by atomic mass is 16.5. The van der Waals surface area contributed by atoms with Crippen molar-refractivity contribution < 1.29 is 19.1 Å². The van der Waals surface area contributed by atoms with E-state index < -0.39 is 11.8 Å². The molecular formula is C12H12N2O4. The fourth-order valence-corrected chi connectivity index (χ4v) is 1.66. The summed E-state index contributed by atoms with van der Waals surface area (Å²) in [7, 11) is 2.98. The molecule has 1 fully saturated rings. The Labute approximate surface area is 104 Å². The molecule has 2 N–H and O–H groups in total. The molecular weight excluding hydrogens is 236 g/mol. The number of amides is 2. The average Bonchev–Trinajstić information content (AvgIpc) is 2.71. The molecule has 6 heteroatoms. The van der Waals surface area contributed by atoms with Gasteiger partial charge in [-0.15, -0.1) is 0 Å². The molecule has 0 aromatic heterocycles. The minimum absolute atomic E-state index is 0.219. The molecule has 6 nitrogen and oxygen atoms in total. The largest absolute Gasteiger partial charge is 0.496 e. The van der Waals surface area contributed by atoms with Gasteiger partial charge in [0, 0.05) is 0 Å². The Morgan fingerprint density at radius 2 is 1.67 bits per heavy atom. The lowest BCUT2D eigenvalue weighted by atomic mass is 10.1. The van der Waals surface area contributed by atoms with Gasteiger partial charge in [-0.25, -0.2) is 0 Å². The Kier molecular flexibility index (Phi) is 3.18. The molecule has 1 aromatic carbocycles. The second-order valence-corrected chi connectivity index (χ2v) is 3.52. The number of hydrogen-bond acceptors (Lipinski definition) is 4. The first kappa shape index (κ1) is 12.0. The molecule has 2 amide bonds. The molecule has 18 heavy (non-hydrogen) atoms. The minimum Gasteiger partial charge on any atom is -0.496 e. The van der Waals surface area contributed by atoms with Gasteiger partial charge in [-0.2, -0.15) is 0 Å². The van der Waals surface area contributed by atoms with Gasteiger partial charge < -0.3 is 20.1 Å². The Hall–Kier alpha value is -2.50. The summed E-state index contributed by atoms with van der Waals surface area (Å²) in [6.45, 7) is 0. The molecule has 2 rings (SSSR count). The molecule has 1 saturated heterocycles. The van der Waals surface area contributed by atoms with E-state index in [0.29, 0.717) is 17.1 Å². The normalized spacial score (nSPS) is 14.0. The Balaban J connectivity index is 2.49. The Morgan fingerprint density at radius 1 is 1.06 bits per heavy atom. The zero-order chi connectivity index (χ0) is 13.1. The van der Waals surface area contributed by atoms with Crippen LogP contribution in [-0.4, -0.2) is 26.0 Å². The molecule has 0 radical (unpaired) electrons. The van der Waals surface area contributed by atoms with Crippen LogP contribution in [0.4, 0.5) is 0 Å². The van der Waals surface area contributed by atoms with Gasteiger partial charge in [0.25, 0.3) is 0 Å². The van der Waals surface area contributed by atoms with E-state index in [4.69, 9.17) is 9.47 Å². The first-order valence-electron chi connectivity index (χ1n) is 5.21. The van der Waals surface area contributed by atoms with Crippen molar-refractivity contribution in [3.63, 3.8) is 0 Å². The van der Waals surface area contributed by atoms with E-state index in [1.807, 2.05) is 6.07 Å². The average molecular weight is 248 g/mol. The van der Waals surface area contributed by atoms with E-state index in [-0.39, 0.29) is 5.82 Å². The highest BCUT2D eigenvalue weighted by Gasteiger charge is 2.28. The van der Waals surface area contributed by atoms with Crippen LogP contribution in [0.3, 0.4) is 0 Å². The molecule has 1 aliphatic rings. The molecule has 0 saturated carbocycles. The maximum Gasteiger partial charge on any atom is 0.315 e. The van der Waals surface area contributed by atoms with Crippen molar-refractivity contribution in [1.29, 1.82) is 0 Å². The third-order valence-corrected chi connectivity index (χ3v) is 2.47. The lowest BCUT2D eigenvalue weighted by Gasteiger charge is -2.12. The van der Waals surface area contributed by atoms with Crippen LogP contribution in [0.1, 0.15) is 5.56 Å². The summed E-state index contributed by atoms with van der Waals surface area (Å²) in [6.07, 6.45) is 0. The van der Waals surface area contributed by atoms with Gasteiger partial charge >= 0.3 is 11.8 Å². The van der Waals surface area contributed by atoms with E-state index in [1.54, 1.807) is 18.2 Å². The second-order valence-electron chi connectivity index (χ2n) is 3.52. The highest BCUT2D eigenvalue weighted by Crippen LogP contribution is 2.27. The summed E-state index contributed by atoms with van der Waals surface area (Å²) in [5.41, 5.74) is 0.639. The van der Waals surface area contributed by atoms with Crippen molar-refractivity contribution >= 4 is 17.6 Å². The maximum absolute atomic E-state index is 11.1. The first-order chi connectivity index (χ1) is 8.67. The van der Waals surface area contributed by atoms with Gasteiger partial charge in [-0.1, -0.05) is 12.1 Å². The van der Waals surface area contributed by atoms with Gasteiger partial charge in [-0.05, 0) is 12.1 Å². The second kappa shape index (κ2) is 4.79. The van der Waals surface area contributed by atoms with Crippen LogP contribution in [0.25, 0.3) is 5.76 Å². The summed E-state index contributed by atoms with van der Waals surface area (Å²) < 4.78 is 10.4. The van der Waals surface area contributed by atoms with E-state index >= 15 is 0 Å². The molecule has 0 unspecified atom stereocenters. The quantitative estimate of drug-likeness (QED) is 0.592. The number of carbonyl (C=O) groups is 2. The predicted octanol–water partition coefficient (Wildman–Crippen LogP) is 0.214. The van der Waals surface area contributed by atoms with Crippen molar-refractivity contribution in [3.05, 3.63) is 35.6 Å². The fourth-order valence-electron chi connectivity index (χ4n) is 1.66. The van der Waals surface area contributed by atoms with Crippen LogP contribution in [0.15, 0.2) is 30.1 Å². The molecule has 0 atom stereocenters. The maximum atomic E-state index is 11.1. The van der Waals surface area contributed by atoms with Gasteiger partial charge in [0.2, 0.25) is 0 Å². The number of carbonyl (C=O) groups excluding carboxylic acids is 2. The monoisotopic (exact) mass is 248 g/mol. The van der Waals surface area contributed by atoms with E-state index in [1.165, 1.54) is 14.2 Å². The summed E-state index contributed by atoms with van der Waals surface area (Å²) in [4.78, 5) is 22.3. The smallest absolute Gasteiger partial charge is 0.315 e. The number of ether oxygens (including phenoxy) is 2. The summed E-state index contributed by atoms with van der Waals surface area (Å²) in [5.74, 6) is -0.287.